The summed E-state index contributed by atoms with van der Waals surface area (Å²) in [7, 11) is 4.64. The molecule has 0 spiro atoms. The molecular weight excluding hydrogens is 382 g/mol. The standard InChI is InChI=1S/C19H23N3O3S2/c1-6-12-7-9-13(10-8-12)20-19(26)21-16-14(18(24)25-5)11(2)15(27-16)17(23)22(3)4/h7-10H,6H2,1-5H3,(H2,20,21,26). The molecular formula is C19H23N3O3S2. The molecule has 27 heavy (non-hydrogen) atoms. The fourth-order valence-corrected chi connectivity index (χ4v) is 3.95. The molecule has 0 fully saturated rings. The van der Waals surface area contributed by atoms with Crippen LogP contribution in [-0.4, -0.2) is 43.1 Å². The minimum absolute atomic E-state index is 0.176. The van der Waals surface area contributed by atoms with Crippen LogP contribution in [0.4, 0.5) is 10.7 Å². The van der Waals surface area contributed by atoms with Crippen molar-refractivity contribution < 1.29 is 14.3 Å². The van der Waals surface area contributed by atoms with E-state index >= 15 is 0 Å². The molecule has 8 heteroatoms. The predicted molar refractivity (Wildman–Crippen MR) is 114 cm³/mol. The molecule has 0 radical (unpaired) electrons. The van der Waals surface area contributed by atoms with E-state index < -0.39 is 5.97 Å². The number of nitrogens with zero attached hydrogens (tertiary/aromatic N) is 1. The van der Waals surface area contributed by atoms with Crippen LogP contribution in [0.25, 0.3) is 0 Å². The maximum absolute atomic E-state index is 12.4. The van der Waals surface area contributed by atoms with E-state index in [-0.39, 0.29) is 5.91 Å². The number of thiocarbonyl (C=S) groups is 1. The Kier molecular flexibility index (Phi) is 6.92. The van der Waals surface area contributed by atoms with Crippen LogP contribution >= 0.6 is 23.6 Å². The molecule has 0 aliphatic carbocycles. The molecule has 1 aromatic heterocycles. The number of esters is 1. The number of hydrogen-bond donors (Lipinski definition) is 2. The van der Waals surface area contributed by atoms with E-state index in [0.717, 1.165) is 12.1 Å². The van der Waals surface area contributed by atoms with Gasteiger partial charge in [0.2, 0.25) is 0 Å². The Morgan fingerprint density at radius 3 is 2.33 bits per heavy atom. The van der Waals surface area contributed by atoms with Crippen molar-refractivity contribution in [2.24, 2.45) is 0 Å². The fraction of sp³-hybridized carbons (Fsp3) is 0.316. The normalized spacial score (nSPS) is 10.3. The van der Waals surface area contributed by atoms with Gasteiger partial charge >= 0.3 is 5.97 Å². The number of anilines is 2. The summed E-state index contributed by atoms with van der Waals surface area (Å²) in [5.41, 5.74) is 2.96. The molecule has 2 rings (SSSR count). The number of rotatable bonds is 5. The summed E-state index contributed by atoms with van der Waals surface area (Å²) in [6.45, 7) is 3.82. The molecule has 1 heterocycles. The van der Waals surface area contributed by atoms with Crippen molar-refractivity contribution in [3.8, 4) is 0 Å². The fourth-order valence-electron chi connectivity index (χ4n) is 2.45. The lowest BCUT2D eigenvalue weighted by Gasteiger charge is -2.11. The van der Waals surface area contributed by atoms with Crippen molar-refractivity contribution >= 4 is 51.2 Å². The topological polar surface area (TPSA) is 70.7 Å². The van der Waals surface area contributed by atoms with Gasteiger partial charge in [-0.05, 0) is 48.8 Å². The van der Waals surface area contributed by atoms with Crippen molar-refractivity contribution in [2.75, 3.05) is 31.8 Å². The van der Waals surface area contributed by atoms with Crippen LogP contribution in [0.1, 0.15) is 38.1 Å². The van der Waals surface area contributed by atoms with E-state index in [0.29, 0.717) is 26.1 Å². The average molecular weight is 406 g/mol. The minimum Gasteiger partial charge on any atom is -0.465 e. The van der Waals surface area contributed by atoms with Crippen molar-refractivity contribution in [3.63, 3.8) is 0 Å². The van der Waals surface area contributed by atoms with Gasteiger partial charge in [-0.1, -0.05) is 19.1 Å². The summed E-state index contributed by atoms with van der Waals surface area (Å²) in [6, 6.07) is 7.92. The second-order valence-corrected chi connectivity index (χ2v) is 7.51. The van der Waals surface area contributed by atoms with Gasteiger partial charge < -0.3 is 20.3 Å². The molecule has 0 saturated carbocycles. The van der Waals surface area contributed by atoms with Crippen molar-refractivity contribution in [2.45, 2.75) is 20.3 Å². The van der Waals surface area contributed by atoms with Crippen LogP contribution in [0.15, 0.2) is 24.3 Å². The lowest BCUT2D eigenvalue weighted by molar-refractivity contribution is 0.0601. The summed E-state index contributed by atoms with van der Waals surface area (Å²) < 4.78 is 4.88. The summed E-state index contributed by atoms with van der Waals surface area (Å²) in [6.07, 6.45) is 0.961. The Labute approximate surface area is 168 Å². The Balaban J connectivity index is 2.27. The number of methoxy groups -OCH3 is 1. The van der Waals surface area contributed by atoms with Crippen LogP contribution < -0.4 is 10.6 Å². The Morgan fingerprint density at radius 1 is 1.19 bits per heavy atom. The quantitative estimate of drug-likeness (QED) is 0.580. The summed E-state index contributed by atoms with van der Waals surface area (Å²) in [4.78, 5) is 26.6. The van der Waals surface area contributed by atoms with Gasteiger partial charge in [0.15, 0.2) is 5.11 Å². The highest BCUT2D eigenvalue weighted by molar-refractivity contribution is 7.80. The monoisotopic (exact) mass is 405 g/mol. The molecule has 1 aromatic carbocycles. The van der Waals surface area contributed by atoms with E-state index in [1.807, 2.05) is 24.3 Å². The molecule has 2 N–H and O–H groups in total. The van der Waals surface area contributed by atoms with E-state index in [1.165, 1.54) is 28.9 Å². The van der Waals surface area contributed by atoms with Gasteiger partial charge in [0.25, 0.3) is 5.91 Å². The first-order valence-corrected chi connectivity index (χ1v) is 9.61. The SMILES string of the molecule is CCc1ccc(NC(=S)Nc2sc(C(=O)N(C)C)c(C)c2C(=O)OC)cc1. The van der Waals surface area contributed by atoms with Gasteiger partial charge in [-0.15, -0.1) is 11.3 Å². The second kappa shape index (κ2) is 8.96. The smallest absolute Gasteiger partial charge is 0.341 e. The van der Waals surface area contributed by atoms with E-state index in [9.17, 15) is 9.59 Å². The first-order valence-electron chi connectivity index (χ1n) is 8.38. The zero-order chi connectivity index (χ0) is 20.1. The summed E-state index contributed by atoms with van der Waals surface area (Å²) >= 11 is 6.55. The van der Waals surface area contributed by atoms with Gasteiger partial charge in [0.05, 0.1) is 17.6 Å². The third-order valence-corrected chi connectivity index (χ3v) is 5.38. The molecule has 0 unspecified atom stereocenters. The molecule has 1 amide bonds. The number of ether oxygens (including phenoxy) is 1. The number of thiophene rings is 1. The Morgan fingerprint density at radius 2 is 1.81 bits per heavy atom. The van der Waals surface area contributed by atoms with Gasteiger partial charge in [-0.3, -0.25) is 4.79 Å². The van der Waals surface area contributed by atoms with Gasteiger partial charge in [-0.25, -0.2) is 4.79 Å². The third-order valence-electron chi connectivity index (χ3n) is 3.98. The average Bonchev–Trinajstić information content (AvgIpc) is 2.96. The van der Waals surface area contributed by atoms with Crippen LogP contribution in [-0.2, 0) is 11.2 Å². The molecule has 0 bridgehead atoms. The first-order chi connectivity index (χ1) is 12.8. The molecule has 0 atom stereocenters. The number of benzene rings is 1. The van der Waals surface area contributed by atoms with E-state index in [1.54, 1.807) is 21.0 Å². The van der Waals surface area contributed by atoms with Gasteiger partial charge in [-0.2, -0.15) is 0 Å². The minimum atomic E-state index is -0.515. The number of carbonyl (C=O) groups is 2. The summed E-state index contributed by atoms with van der Waals surface area (Å²) in [5, 5.41) is 6.92. The molecule has 6 nitrogen and oxygen atoms in total. The van der Waals surface area contributed by atoms with Gasteiger partial charge in [0.1, 0.15) is 5.00 Å². The van der Waals surface area contributed by atoms with Crippen LogP contribution in [0.3, 0.4) is 0 Å². The van der Waals surface area contributed by atoms with E-state index in [4.69, 9.17) is 17.0 Å². The first kappa shape index (κ1) is 20.9. The zero-order valence-corrected chi connectivity index (χ0v) is 17.6. The highest BCUT2D eigenvalue weighted by atomic mass is 32.1. The number of nitrogens with one attached hydrogen (secondary N) is 2. The molecule has 0 aliphatic heterocycles. The highest BCUT2D eigenvalue weighted by Gasteiger charge is 2.26. The Hall–Kier alpha value is -2.45. The highest BCUT2D eigenvalue weighted by Crippen LogP contribution is 2.34. The van der Waals surface area contributed by atoms with Crippen molar-refractivity contribution in [1.82, 2.24) is 4.90 Å². The lowest BCUT2D eigenvalue weighted by Crippen LogP contribution is -2.21. The number of amides is 1. The number of hydrogen-bond acceptors (Lipinski definition) is 5. The maximum atomic E-state index is 12.4. The van der Waals surface area contributed by atoms with Crippen LogP contribution in [0, 0.1) is 6.92 Å². The third kappa shape index (κ3) is 4.84. The molecule has 0 saturated heterocycles. The maximum Gasteiger partial charge on any atom is 0.341 e. The van der Waals surface area contributed by atoms with Crippen molar-refractivity contribution in [1.29, 1.82) is 0 Å². The number of carbonyl (C=O) groups excluding carboxylic acids is 2. The van der Waals surface area contributed by atoms with Crippen molar-refractivity contribution in [3.05, 3.63) is 45.8 Å². The molecule has 144 valence electrons. The number of aryl methyl sites for hydroxylation is 1. The largest absolute Gasteiger partial charge is 0.465 e. The van der Waals surface area contributed by atoms with Gasteiger partial charge in [0, 0.05) is 19.8 Å². The van der Waals surface area contributed by atoms with Crippen LogP contribution in [0.2, 0.25) is 0 Å². The second-order valence-electron chi connectivity index (χ2n) is 6.08. The zero-order valence-electron chi connectivity index (χ0n) is 16.0. The molecule has 2 aromatic rings. The summed E-state index contributed by atoms with van der Waals surface area (Å²) in [5.74, 6) is -0.691. The predicted octanol–water partition coefficient (Wildman–Crippen LogP) is 3.92. The lowest BCUT2D eigenvalue weighted by atomic mass is 10.1. The van der Waals surface area contributed by atoms with Crippen LogP contribution in [0.5, 0.6) is 0 Å². The van der Waals surface area contributed by atoms with E-state index in [2.05, 4.69) is 17.6 Å². The molecule has 0 aliphatic rings. The Bertz CT molecular complexity index is 858.